The van der Waals surface area contributed by atoms with Gasteiger partial charge in [0.15, 0.2) is 6.10 Å². The van der Waals surface area contributed by atoms with E-state index < -0.39 is 18.0 Å². The number of benzene rings is 4. The Hall–Kier alpha value is -4.71. The number of carbonyl (C=O) groups is 3. The highest BCUT2D eigenvalue weighted by Gasteiger charge is 2.37. The highest BCUT2D eigenvalue weighted by molar-refractivity contribution is 6.02. The molecular weight excluding hydrogens is 490 g/mol. The van der Waals surface area contributed by atoms with Crippen molar-refractivity contribution in [1.82, 2.24) is 0 Å². The lowest BCUT2D eigenvalue weighted by atomic mass is 10.0. The fraction of sp³-hybridized carbons (Fsp3) is 0.182. The lowest BCUT2D eigenvalue weighted by molar-refractivity contribution is -0.151. The normalized spacial score (nSPS) is 15.6. The number of para-hydroxylation sites is 1. The number of amides is 1. The van der Waals surface area contributed by atoms with Crippen molar-refractivity contribution in [3.8, 4) is 22.6 Å². The molecule has 1 saturated heterocycles. The van der Waals surface area contributed by atoms with Gasteiger partial charge in [0, 0.05) is 29.8 Å². The monoisotopic (exact) mass is 519 g/mol. The number of anilines is 1. The van der Waals surface area contributed by atoms with Crippen LogP contribution in [0.2, 0.25) is 0 Å². The molecule has 0 bridgehead atoms. The predicted molar refractivity (Wildman–Crippen MR) is 150 cm³/mol. The van der Waals surface area contributed by atoms with Gasteiger partial charge in [0.05, 0.1) is 5.92 Å². The zero-order valence-corrected chi connectivity index (χ0v) is 21.7. The zero-order chi connectivity index (χ0) is 27.2. The van der Waals surface area contributed by atoms with Gasteiger partial charge in [0.1, 0.15) is 11.5 Å². The molecule has 0 aromatic heterocycles. The minimum absolute atomic E-state index is 0.0392. The number of ether oxygens (including phenoxy) is 2. The van der Waals surface area contributed by atoms with Crippen LogP contribution in [0.15, 0.2) is 109 Å². The van der Waals surface area contributed by atoms with Gasteiger partial charge in [-0.15, -0.1) is 0 Å². The second kappa shape index (κ2) is 11.8. The Bertz CT molecular complexity index is 1450. The van der Waals surface area contributed by atoms with E-state index in [1.807, 2.05) is 72.8 Å². The smallest absolute Gasteiger partial charge is 0.312 e. The Kier molecular flexibility index (Phi) is 7.83. The minimum atomic E-state index is -0.876. The number of hydrogen-bond acceptors (Lipinski definition) is 5. The highest BCUT2D eigenvalue weighted by Crippen LogP contribution is 2.34. The maximum absolute atomic E-state index is 12.9. The van der Waals surface area contributed by atoms with Crippen LogP contribution in [0.5, 0.6) is 11.5 Å². The fourth-order valence-corrected chi connectivity index (χ4v) is 4.69. The second-order valence-electron chi connectivity index (χ2n) is 9.43. The minimum Gasteiger partial charge on any atom is -0.457 e. The van der Waals surface area contributed by atoms with Gasteiger partial charge in [-0.25, -0.2) is 0 Å². The summed E-state index contributed by atoms with van der Waals surface area (Å²) >= 11 is 0. The Balaban J connectivity index is 1.23. The number of Topliss-reactive ketones (excluding diaryl/α,β-unsaturated/α-hetero) is 1. The van der Waals surface area contributed by atoms with Gasteiger partial charge in [0.25, 0.3) is 0 Å². The summed E-state index contributed by atoms with van der Waals surface area (Å²) in [6.07, 6.45) is -0.477. The molecule has 2 atom stereocenters. The third kappa shape index (κ3) is 5.91. The van der Waals surface area contributed by atoms with Crippen molar-refractivity contribution >= 4 is 23.3 Å². The average molecular weight is 520 g/mol. The molecule has 5 rings (SSSR count). The molecule has 1 fully saturated rings. The standard InChI is InChI=1S/C33H29NO5/c1-2-29(32(36)24-13-7-4-8-14-24)39-33(37)25-21-31(35)34(22-25)26-17-19-27(20-18-26)38-30-16-10-9-15-28(30)23-11-5-3-6-12-23/h3-20,25,29H,2,21-22H2,1H3/t25-,29+/m0/s1. The van der Waals surface area contributed by atoms with Crippen LogP contribution in [0.1, 0.15) is 30.1 Å². The number of ketones is 1. The van der Waals surface area contributed by atoms with Crippen LogP contribution in [0.25, 0.3) is 11.1 Å². The first kappa shape index (κ1) is 25.9. The topological polar surface area (TPSA) is 72.9 Å². The zero-order valence-electron chi connectivity index (χ0n) is 21.7. The van der Waals surface area contributed by atoms with Crippen molar-refractivity contribution in [2.45, 2.75) is 25.9 Å². The van der Waals surface area contributed by atoms with E-state index in [9.17, 15) is 14.4 Å². The molecule has 196 valence electrons. The van der Waals surface area contributed by atoms with E-state index in [4.69, 9.17) is 9.47 Å². The Morgan fingerprint density at radius 1 is 0.846 bits per heavy atom. The maximum Gasteiger partial charge on any atom is 0.312 e. The van der Waals surface area contributed by atoms with Gasteiger partial charge in [-0.3, -0.25) is 14.4 Å². The van der Waals surface area contributed by atoms with Gasteiger partial charge in [-0.05, 0) is 42.3 Å². The number of esters is 1. The first-order valence-corrected chi connectivity index (χ1v) is 13.1. The van der Waals surface area contributed by atoms with E-state index in [0.717, 1.165) is 16.9 Å². The highest BCUT2D eigenvalue weighted by atomic mass is 16.5. The Labute approximate surface area is 227 Å². The molecule has 4 aromatic rings. The quantitative estimate of drug-likeness (QED) is 0.182. The maximum atomic E-state index is 12.9. The fourth-order valence-electron chi connectivity index (χ4n) is 4.69. The number of carbonyl (C=O) groups excluding carboxylic acids is 3. The predicted octanol–water partition coefficient (Wildman–Crippen LogP) is 6.70. The second-order valence-corrected chi connectivity index (χ2v) is 9.43. The van der Waals surface area contributed by atoms with E-state index in [-0.39, 0.29) is 24.7 Å². The van der Waals surface area contributed by atoms with Crippen LogP contribution < -0.4 is 9.64 Å². The van der Waals surface area contributed by atoms with Crippen molar-refractivity contribution in [1.29, 1.82) is 0 Å². The summed E-state index contributed by atoms with van der Waals surface area (Å²) in [5.41, 5.74) is 3.21. The van der Waals surface area contributed by atoms with Gasteiger partial charge in [-0.2, -0.15) is 0 Å². The van der Waals surface area contributed by atoms with E-state index in [1.54, 1.807) is 48.2 Å². The largest absolute Gasteiger partial charge is 0.457 e. The van der Waals surface area contributed by atoms with Crippen molar-refractivity contribution in [2.24, 2.45) is 5.92 Å². The van der Waals surface area contributed by atoms with Crippen LogP contribution in [0.4, 0.5) is 5.69 Å². The molecule has 6 heteroatoms. The summed E-state index contributed by atoms with van der Waals surface area (Å²) in [6, 6.07) is 33.8. The lowest BCUT2D eigenvalue weighted by Gasteiger charge is -2.19. The summed E-state index contributed by atoms with van der Waals surface area (Å²) < 4.78 is 11.8. The Morgan fingerprint density at radius 3 is 2.18 bits per heavy atom. The molecule has 1 aliphatic rings. The van der Waals surface area contributed by atoms with Crippen LogP contribution in [0.3, 0.4) is 0 Å². The SMILES string of the molecule is CC[C@@H](OC(=O)[C@H]1CC(=O)N(c2ccc(Oc3ccccc3-c3ccccc3)cc2)C1)C(=O)c1ccccc1. The molecular formula is C33H29NO5. The van der Waals surface area contributed by atoms with Crippen molar-refractivity contribution in [3.63, 3.8) is 0 Å². The summed E-state index contributed by atoms with van der Waals surface area (Å²) in [6.45, 7) is 2.00. The van der Waals surface area contributed by atoms with Gasteiger partial charge in [0.2, 0.25) is 11.7 Å². The molecule has 0 radical (unpaired) electrons. The molecule has 39 heavy (non-hydrogen) atoms. The third-order valence-electron chi connectivity index (χ3n) is 6.79. The number of nitrogens with zero attached hydrogens (tertiary/aromatic N) is 1. The molecule has 4 aromatic carbocycles. The lowest BCUT2D eigenvalue weighted by Crippen LogP contribution is -2.31. The molecule has 0 N–H and O–H groups in total. The van der Waals surface area contributed by atoms with Crippen LogP contribution in [-0.2, 0) is 14.3 Å². The summed E-state index contributed by atoms with van der Waals surface area (Å²) in [5.74, 6) is -0.204. The van der Waals surface area contributed by atoms with Gasteiger partial charge < -0.3 is 14.4 Å². The number of hydrogen-bond donors (Lipinski definition) is 0. The third-order valence-corrected chi connectivity index (χ3v) is 6.79. The molecule has 0 saturated carbocycles. The molecule has 1 aliphatic heterocycles. The molecule has 6 nitrogen and oxygen atoms in total. The molecule has 1 heterocycles. The molecule has 0 spiro atoms. The average Bonchev–Trinajstić information content (AvgIpc) is 3.38. The Morgan fingerprint density at radius 2 is 1.49 bits per heavy atom. The summed E-state index contributed by atoms with van der Waals surface area (Å²) in [5, 5.41) is 0. The number of rotatable bonds is 9. The molecule has 1 amide bonds. The van der Waals surface area contributed by atoms with Crippen molar-refractivity contribution < 1.29 is 23.9 Å². The van der Waals surface area contributed by atoms with E-state index in [0.29, 0.717) is 23.4 Å². The molecule has 0 unspecified atom stereocenters. The van der Waals surface area contributed by atoms with Gasteiger partial charge >= 0.3 is 5.97 Å². The van der Waals surface area contributed by atoms with E-state index in [2.05, 4.69) is 0 Å². The van der Waals surface area contributed by atoms with E-state index >= 15 is 0 Å². The van der Waals surface area contributed by atoms with Crippen LogP contribution in [-0.4, -0.2) is 30.3 Å². The van der Waals surface area contributed by atoms with Crippen LogP contribution >= 0.6 is 0 Å². The first-order chi connectivity index (χ1) is 19.0. The molecule has 0 aliphatic carbocycles. The van der Waals surface area contributed by atoms with Gasteiger partial charge in [-0.1, -0.05) is 85.8 Å². The van der Waals surface area contributed by atoms with Crippen molar-refractivity contribution in [3.05, 3.63) is 115 Å². The van der Waals surface area contributed by atoms with Crippen LogP contribution in [0, 0.1) is 5.92 Å². The summed E-state index contributed by atoms with van der Waals surface area (Å²) in [7, 11) is 0. The van der Waals surface area contributed by atoms with Crippen molar-refractivity contribution in [2.75, 3.05) is 11.4 Å². The van der Waals surface area contributed by atoms with E-state index in [1.165, 1.54) is 0 Å². The first-order valence-electron chi connectivity index (χ1n) is 13.1. The summed E-state index contributed by atoms with van der Waals surface area (Å²) in [4.78, 5) is 40.1.